The minimum absolute atomic E-state index is 0.0785. The van der Waals surface area contributed by atoms with Gasteiger partial charge in [0.05, 0.1) is 23.0 Å². The van der Waals surface area contributed by atoms with Crippen LogP contribution in [0.25, 0.3) is 11.0 Å². The average Bonchev–Trinajstić information content (AvgIpc) is 3.27. The van der Waals surface area contributed by atoms with Crippen molar-refractivity contribution < 1.29 is 14.4 Å². The summed E-state index contributed by atoms with van der Waals surface area (Å²) in [6, 6.07) is 15.5. The van der Waals surface area contributed by atoms with Crippen LogP contribution in [-0.2, 0) is 27.3 Å². The van der Waals surface area contributed by atoms with Crippen LogP contribution in [0.4, 0.5) is 0 Å². The van der Waals surface area contributed by atoms with Crippen LogP contribution in [0.3, 0.4) is 0 Å². The van der Waals surface area contributed by atoms with E-state index >= 15 is 0 Å². The van der Waals surface area contributed by atoms with E-state index in [1.807, 2.05) is 47.4 Å². The highest BCUT2D eigenvalue weighted by Gasteiger charge is 2.45. The number of carbonyl (C=O) groups excluding carboxylic acids is 3. The van der Waals surface area contributed by atoms with Gasteiger partial charge in [0.15, 0.2) is 11.9 Å². The molecule has 3 heterocycles. The maximum absolute atomic E-state index is 13.6. The molecule has 1 atom stereocenters. The van der Waals surface area contributed by atoms with Gasteiger partial charge in [-0.05, 0) is 56.4 Å². The average molecular weight is 533 g/mol. The number of aromatic amines is 1. The Morgan fingerprint density at radius 2 is 1.72 bits per heavy atom. The molecule has 5 rings (SSSR count). The van der Waals surface area contributed by atoms with Crippen molar-refractivity contribution in [3.8, 4) is 0 Å². The molecular weight excluding hydrogens is 496 g/mol. The minimum Gasteiger partial charge on any atom is -0.338 e. The Hall–Kier alpha value is -3.76. The second kappa shape index (κ2) is 10.4. The van der Waals surface area contributed by atoms with Crippen molar-refractivity contribution in [1.82, 2.24) is 24.7 Å². The van der Waals surface area contributed by atoms with E-state index in [0.29, 0.717) is 45.3 Å². The number of likely N-dealkylation sites (tertiary alicyclic amines) is 1. The molecule has 1 saturated heterocycles. The van der Waals surface area contributed by atoms with E-state index in [1.54, 1.807) is 23.3 Å². The predicted octanol–water partition coefficient (Wildman–Crippen LogP) is 1.69. The molecule has 2 aliphatic rings. The highest BCUT2D eigenvalue weighted by Crippen LogP contribution is 2.30. The Morgan fingerprint density at radius 1 is 1.05 bits per heavy atom. The van der Waals surface area contributed by atoms with Gasteiger partial charge in [-0.25, -0.2) is 4.79 Å². The first-order chi connectivity index (χ1) is 18.6. The summed E-state index contributed by atoms with van der Waals surface area (Å²) in [6.07, 6.45) is 2.36. The summed E-state index contributed by atoms with van der Waals surface area (Å²) in [4.78, 5) is 58.7. The van der Waals surface area contributed by atoms with Crippen LogP contribution in [0.5, 0.6) is 0 Å². The van der Waals surface area contributed by atoms with Crippen molar-refractivity contribution >= 4 is 29.1 Å². The summed E-state index contributed by atoms with van der Waals surface area (Å²) in [6.45, 7) is 4.97. The monoisotopic (exact) mass is 532 g/mol. The first-order valence-electron chi connectivity index (χ1n) is 13.5. The van der Waals surface area contributed by atoms with Gasteiger partial charge < -0.3 is 20.9 Å². The quantitative estimate of drug-likeness (QED) is 0.397. The third kappa shape index (κ3) is 5.26. The Labute approximate surface area is 227 Å². The summed E-state index contributed by atoms with van der Waals surface area (Å²) in [5.41, 5.74) is 7.03. The van der Waals surface area contributed by atoms with Gasteiger partial charge in [0.25, 0.3) is 0 Å². The summed E-state index contributed by atoms with van der Waals surface area (Å²) < 4.78 is 1.77. The normalized spacial score (nSPS) is 18.4. The fraction of sp³-hybridized carbons (Fsp3) is 0.448. The number of rotatable bonds is 7. The molecule has 0 aliphatic carbocycles. The molecule has 10 nitrogen and oxygen atoms in total. The molecule has 10 heteroatoms. The lowest BCUT2D eigenvalue weighted by Gasteiger charge is -2.45. The number of aromatic nitrogens is 2. The molecule has 2 aliphatic heterocycles. The Bertz CT molecular complexity index is 1450. The molecule has 2 aromatic carbocycles. The number of nitrogens with zero attached hydrogens (tertiary/aromatic N) is 3. The topological polar surface area (TPSA) is 134 Å². The van der Waals surface area contributed by atoms with E-state index in [2.05, 4.69) is 16.4 Å². The molecule has 0 bridgehead atoms. The van der Waals surface area contributed by atoms with Crippen LogP contribution in [0.1, 0.15) is 50.3 Å². The van der Waals surface area contributed by atoms with Gasteiger partial charge >= 0.3 is 5.69 Å². The van der Waals surface area contributed by atoms with E-state index in [0.717, 1.165) is 23.0 Å². The largest absolute Gasteiger partial charge is 0.338 e. The molecule has 0 spiro atoms. The molecular formula is C29H36N6O4. The first kappa shape index (κ1) is 26.8. The minimum atomic E-state index is -1.54. The molecule has 1 unspecified atom stereocenters. The maximum atomic E-state index is 13.6. The standard InChI is InChI=1S/C29H36N6O4/c1-28(2,30)26(38)32-29(19-36,17-25(37)33-14-11-20-7-3-4-8-21(20)18-33)34-15-12-22(13-16-34)35-24-10-6-5-9-23(24)31-27(35)39/h3-10,19,22H,11-18,30H2,1-2H3,(H,31,39)(H,32,38). The number of para-hydroxylation sites is 2. The van der Waals surface area contributed by atoms with Gasteiger partial charge in [0, 0.05) is 32.2 Å². The zero-order valence-corrected chi connectivity index (χ0v) is 22.5. The van der Waals surface area contributed by atoms with E-state index < -0.39 is 17.1 Å². The lowest BCUT2D eigenvalue weighted by atomic mass is 9.94. The zero-order chi connectivity index (χ0) is 27.8. The lowest BCUT2D eigenvalue weighted by molar-refractivity contribution is -0.145. The highest BCUT2D eigenvalue weighted by molar-refractivity contribution is 5.91. The predicted molar refractivity (Wildman–Crippen MR) is 148 cm³/mol. The number of piperidine rings is 1. The molecule has 3 aromatic rings. The first-order valence-corrected chi connectivity index (χ1v) is 13.5. The number of aldehydes is 1. The smallest absolute Gasteiger partial charge is 0.326 e. The Balaban J connectivity index is 1.38. The number of imidazole rings is 1. The van der Waals surface area contributed by atoms with Crippen molar-refractivity contribution in [2.75, 3.05) is 19.6 Å². The Morgan fingerprint density at radius 3 is 2.41 bits per heavy atom. The number of benzene rings is 2. The van der Waals surface area contributed by atoms with Gasteiger partial charge in [0.2, 0.25) is 11.8 Å². The summed E-state index contributed by atoms with van der Waals surface area (Å²) in [5.74, 6) is -0.719. The van der Waals surface area contributed by atoms with Crippen molar-refractivity contribution in [2.24, 2.45) is 5.73 Å². The molecule has 0 saturated carbocycles. The van der Waals surface area contributed by atoms with Crippen molar-refractivity contribution in [2.45, 2.75) is 63.3 Å². The van der Waals surface area contributed by atoms with E-state index in [-0.39, 0.29) is 24.1 Å². The Kier molecular flexibility index (Phi) is 7.17. The van der Waals surface area contributed by atoms with Gasteiger partial charge in [-0.15, -0.1) is 0 Å². The molecule has 39 heavy (non-hydrogen) atoms. The molecule has 4 N–H and O–H groups in total. The second-order valence-electron chi connectivity index (χ2n) is 11.3. The third-order valence-corrected chi connectivity index (χ3v) is 8.03. The van der Waals surface area contributed by atoms with Gasteiger partial charge in [-0.1, -0.05) is 36.4 Å². The highest BCUT2D eigenvalue weighted by atomic mass is 16.2. The van der Waals surface area contributed by atoms with Crippen LogP contribution < -0.4 is 16.7 Å². The molecule has 0 radical (unpaired) electrons. The lowest BCUT2D eigenvalue weighted by Crippen LogP contribution is -2.68. The molecule has 1 aromatic heterocycles. The van der Waals surface area contributed by atoms with Crippen LogP contribution in [0, 0.1) is 0 Å². The third-order valence-electron chi connectivity index (χ3n) is 8.03. The number of nitrogens with two attached hydrogens (primary N) is 1. The number of H-pyrrole nitrogens is 1. The second-order valence-corrected chi connectivity index (χ2v) is 11.3. The summed E-state index contributed by atoms with van der Waals surface area (Å²) in [5, 5.41) is 2.84. The number of hydrogen-bond donors (Lipinski definition) is 3. The summed E-state index contributed by atoms with van der Waals surface area (Å²) >= 11 is 0. The molecule has 206 valence electrons. The number of hydrogen-bond acceptors (Lipinski definition) is 6. The van der Waals surface area contributed by atoms with Crippen LogP contribution in [-0.4, -0.2) is 68.3 Å². The fourth-order valence-corrected chi connectivity index (χ4v) is 5.75. The van der Waals surface area contributed by atoms with E-state index in [4.69, 9.17) is 5.73 Å². The maximum Gasteiger partial charge on any atom is 0.326 e. The zero-order valence-electron chi connectivity index (χ0n) is 22.5. The van der Waals surface area contributed by atoms with Crippen molar-refractivity contribution in [3.05, 3.63) is 70.1 Å². The fourth-order valence-electron chi connectivity index (χ4n) is 5.75. The van der Waals surface area contributed by atoms with Crippen LogP contribution in [0.15, 0.2) is 53.3 Å². The van der Waals surface area contributed by atoms with Crippen molar-refractivity contribution in [3.63, 3.8) is 0 Å². The van der Waals surface area contributed by atoms with Crippen LogP contribution in [0.2, 0.25) is 0 Å². The number of nitrogens with one attached hydrogen (secondary N) is 2. The van der Waals surface area contributed by atoms with Gasteiger partial charge in [-0.3, -0.25) is 23.9 Å². The van der Waals surface area contributed by atoms with Crippen molar-refractivity contribution in [1.29, 1.82) is 0 Å². The van der Waals surface area contributed by atoms with E-state index in [9.17, 15) is 19.2 Å². The summed E-state index contributed by atoms with van der Waals surface area (Å²) in [7, 11) is 0. The molecule has 1 fully saturated rings. The van der Waals surface area contributed by atoms with E-state index in [1.165, 1.54) is 5.56 Å². The number of amides is 2. The SMILES string of the molecule is CC(C)(N)C(=O)NC(C=O)(CC(=O)N1CCc2ccccc2C1)N1CCC(n2c(=O)[nH]c3ccccc32)CC1. The van der Waals surface area contributed by atoms with Crippen LogP contribution >= 0.6 is 0 Å². The number of carbonyl (C=O) groups is 3. The molecule has 2 amide bonds. The number of fused-ring (bicyclic) bond motifs is 2. The van der Waals surface area contributed by atoms with Gasteiger partial charge in [0.1, 0.15) is 0 Å². The van der Waals surface area contributed by atoms with Gasteiger partial charge in [-0.2, -0.15) is 0 Å².